The second-order valence-electron chi connectivity index (χ2n) is 5.43. The maximum absolute atomic E-state index is 12.0. The van der Waals surface area contributed by atoms with Crippen molar-refractivity contribution in [2.45, 2.75) is 26.7 Å². The van der Waals surface area contributed by atoms with Crippen molar-refractivity contribution in [3.8, 4) is 0 Å². The summed E-state index contributed by atoms with van der Waals surface area (Å²) in [6.07, 6.45) is 0.320. The summed E-state index contributed by atoms with van der Waals surface area (Å²) in [5, 5.41) is 2.74. The first-order chi connectivity index (χ1) is 10.5. The van der Waals surface area contributed by atoms with Gasteiger partial charge in [0.15, 0.2) is 5.78 Å². The van der Waals surface area contributed by atoms with E-state index in [1.807, 2.05) is 32.0 Å². The van der Waals surface area contributed by atoms with Crippen molar-refractivity contribution in [2.24, 2.45) is 0 Å². The van der Waals surface area contributed by atoms with E-state index in [1.54, 1.807) is 24.3 Å². The van der Waals surface area contributed by atoms with Crippen molar-refractivity contribution < 1.29 is 9.59 Å². The largest absolute Gasteiger partial charge is 0.397 e. The number of aryl methyl sites for hydroxylation is 2. The molecule has 0 spiro atoms. The second-order valence-corrected chi connectivity index (χ2v) is 5.43. The Labute approximate surface area is 130 Å². The zero-order valence-corrected chi connectivity index (χ0v) is 12.8. The fourth-order valence-electron chi connectivity index (χ4n) is 2.12. The molecule has 0 radical (unpaired) electrons. The number of nitrogens with one attached hydrogen (secondary N) is 1. The van der Waals surface area contributed by atoms with Gasteiger partial charge in [-0.05, 0) is 31.5 Å². The highest BCUT2D eigenvalue weighted by molar-refractivity contribution is 6.00. The molecule has 2 aromatic rings. The summed E-state index contributed by atoms with van der Waals surface area (Å²) < 4.78 is 0. The van der Waals surface area contributed by atoms with E-state index >= 15 is 0 Å². The molecule has 22 heavy (non-hydrogen) atoms. The van der Waals surface area contributed by atoms with Crippen molar-refractivity contribution in [2.75, 3.05) is 11.1 Å². The molecule has 0 aliphatic carbocycles. The SMILES string of the molecule is Cc1ccc(C(=O)CCC(=O)Nc2ccc(C)cc2N)cc1. The minimum atomic E-state index is -0.212. The lowest BCUT2D eigenvalue weighted by Gasteiger charge is -2.08. The normalized spacial score (nSPS) is 10.3. The Hall–Kier alpha value is -2.62. The van der Waals surface area contributed by atoms with Crippen molar-refractivity contribution in [3.63, 3.8) is 0 Å². The van der Waals surface area contributed by atoms with Gasteiger partial charge >= 0.3 is 0 Å². The van der Waals surface area contributed by atoms with E-state index in [0.29, 0.717) is 16.9 Å². The minimum Gasteiger partial charge on any atom is -0.397 e. The van der Waals surface area contributed by atoms with E-state index in [4.69, 9.17) is 5.73 Å². The Morgan fingerprint density at radius 3 is 2.23 bits per heavy atom. The molecule has 1 amide bonds. The van der Waals surface area contributed by atoms with Gasteiger partial charge in [0.2, 0.25) is 5.91 Å². The number of Topliss-reactive ketones (excluding diaryl/α,β-unsaturated/α-hetero) is 1. The molecule has 0 aliphatic rings. The zero-order chi connectivity index (χ0) is 16.1. The third-order valence-corrected chi connectivity index (χ3v) is 3.43. The van der Waals surface area contributed by atoms with Gasteiger partial charge in [-0.25, -0.2) is 0 Å². The highest BCUT2D eigenvalue weighted by Crippen LogP contribution is 2.19. The van der Waals surface area contributed by atoms with Gasteiger partial charge in [0.25, 0.3) is 0 Å². The zero-order valence-electron chi connectivity index (χ0n) is 12.8. The number of rotatable bonds is 5. The molecule has 0 fully saturated rings. The first-order valence-electron chi connectivity index (χ1n) is 7.21. The molecule has 0 aromatic heterocycles. The number of nitrogens with two attached hydrogens (primary N) is 1. The first kappa shape index (κ1) is 15.8. The number of nitrogen functional groups attached to an aromatic ring is 1. The number of carbonyl (C=O) groups excluding carboxylic acids is 2. The Bertz CT molecular complexity index is 691. The molecular formula is C18H20N2O2. The third kappa shape index (κ3) is 4.19. The van der Waals surface area contributed by atoms with Crippen LogP contribution < -0.4 is 11.1 Å². The average molecular weight is 296 g/mol. The molecule has 4 heteroatoms. The summed E-state index contributed by atoms with van der Waals surface area (Å²) in [5.41, 5.74) is 9.72. The molecule has 0 heterocycles. The fraction of sp³-hybridized carbons (Fsp3) is 0.222. The van der Waals surface area contributed by atoms with E-state index in [9.17, 15) is 9.59 Å². The molecule has 0 saturated heterocycles. The maximum Gasteiger partial charge on any atom is 0.224 e. The van der Waals surface area contributed by atoms with Crippen molar-refractivity contribution in [3.05, 3.63) is 59.2 Å². The summed E-state index contributed by atoms with van der Waals surface area (Å²) in [6, 6.07) is 12.8. The summed E-state index contributed by atoms with van der Waals surface area (Å²) in [4.78, 5) is 23.9. The molecule has 0 saturated carbocycles. The summed E-state index contributed by atoms with van der Waals surface area (Å²) in [6.45, 7) is 3.90. The number of benzene rings is 2. The standard InChI is InChI=1S/C18H20N2O2/c1-12-3-6-14(7-4-12)17(21)9-10-18(22)20-16-8-5-13(2)11-15(16)19/h3-8,11H,9-10,19H2,1-2H3,(H,20,22). The van der Waals surface area contributed by atoms with Gasteiger partial charge in [-0.2, -0.15) is 0 Å². The third-order valence-electron chi connectivity index (χ3n) is 3.43. The lowest BCUT2D eigenvalue weighted by molar-refractivity contribution is -0.116. The van der Waals surface area contributed by atoms with Crippen LogP contribution in [0.1, 0.15) is 34.3 Å². The van der Waals surface area contributed by atoms with Crippen molar-refractivity contribution in [1.82, 2.24) is 0 Å². The van der Waals surface area contributed by atoms with Crippen LogP contribution in [0.4, 0.5) is 11.4 Å². The predicted octanol–water partition coefficient (Wildman–Crippen LogP) is 3.49. The molecule has 2 aromatic carbocycles. The Morgan fingerprint density at radius 1 is 0.955 bits per heavy atom. The smallest absolute Gasteiger partial charge is 0.224 e. The Morgan fingerprint density at radius 2 is 1.59 bits per heavy atom. The predicted molar refractivity (Wildman–Crippen MR) is 89.0 cm³/mol. The van der Waals surface area contributed by atoms with E-state index in [1.165, 1.54) is 0 Å². The number of anilines is 2. The molecular weight excluding hydrogens is 276 g/mol. The summed E-state index contributed by atoms with van der Waals surface area (Å²) in [5.74, 6) is -0.247. The van der Waals surface area contributed by atoms with Gasteiger partial charge in [-0.1, -0.05) is 35.9 Å². The van der Waals surface area contributed by atoms with E-state index in [0.717, 1.165) is 11.1 Å². The molecule has 114 valence electrons. The van der Waals surface area contributed by atoms with Crippen LogP contribution in [0.15, 0.2) is 42.5 Å². The summed E-state index contributed by atoms with van der Waals surface area (Å²) in [7, 11) is 0. The number of amides is 1. The van der Waals surface area contributed by atoms with Crippen LogP contribution in [0, 0.1) is 13.8 Å². The average Bonchev–Trinajstić information content (AvgIpc) is 2.48. The summed E-state index contributed by atoms with van der Waals surface area (Å²) >= 11 is 0. The minimum absolute atomic E-state index is 0.0352. The number of ketones is 1. The first-order valence-corrected chi connectivity index (χ1v) is 7.21. The Balaban J connectivity index is 1.89. The number of carbonyl (C=O) groups is 2. The van der Waals surface area contributed by atoms with Crippen LogP contribution in [0.5, 0.6) is 0 Å². The quantitative estimate of drug-likeness (QED) is 0.655. The van der Waals surface area contributed by atoms with Crippen LogP contribution in [-0.2, 0) is 4.79 Å². The maximum atomic E-state index is 12.0. The lowest BCUT2D eigenvalue weighted by Crippen LogP contribution is -2.14. The lowest BCUT2D eigenvalue weighted by atomic mass is 10.0. The second kappa shape index (κ2) is 6.89. The topological polar surface area (TPSA) is 72.2 Å². The van der Waals surface area contributed by atoms with Gasteiger partial charge in [0, 0.05) is 18.4 Å². The van der Waals surface area contributed by atoms with Gasteiger partial charge in [0.1, 0.15) is 0 Å². The van der Waals surface area contributed by atoms with E-state index in [2.05, 4.69) is 5.32 Å². The molecule has 0 atom stereocenters. The number of hydrogen-bond acceptors (Lipinski definition) is 3. The highest BCUT2D eigenvalue weighted by atomic mass is 16.2. The molecule has 0 bridgehead atoms. The monoisotopic (exact) mass is 296 g/mol. The van der Waals surface area contributed by atoms with Crippen LogP contribution in [0.25, 0.3) is 0 Å². The van der Waals surface area contributed by atoms with E-state index in [-0.39, 0.29) is 24.5 Å². The molecule has 0 unspecified atom stereocenters. The van der Waals surface area contributed by atoms with Crippen LogP contribution in [0.3, 0.4) is 0 Å². The Kier molecular flexibility index (Phi) is 4.94. The van der Waals surface area contributed by atoms with Gasteiger partial charge in [-0.3, -0.25) is 9.59 Å². The van der Waals surface area contributed by atoms with Gasteiger partial charge in [0.05, 0.1) is 11.4 Å². The van der Waals surface area contributed by atoms with E-state index < -0.39 is 0 Å². The van der Waals surface area contributed by atoms with Crippen LogP contribution in [-0.4, -0.2) is 11.7 Å². The fourth-order valence-corrected chi connectivity index (χ4v) is 2.12. The number of hydrogen-bond donors (Lipinski definition) is 2. The highest BCUT2D eigenvalue weighted by Gasteiger charge is 2.10. The van der Waals surface area contributed by atoms with Gasteiger partial charge in [-0.15, -0.1) is 0 Å². The molecule has 4 nitrogen and oxygen atoms in total. The molecule has 2 rings (SSSR count). The molecule has 3 N–H and O–H groups in total. The molecule has 0 aliphatic heterocycles. The van der Waals surface area contributed by atoms with Crippen LogP contribution >= 0.6 is 0 Å². The van der Waals surface area contributed by atoms with Crippen LogP contribution in [0.2, 0.25) is 0 Å². The van der Waals surface area contributed by atoms with Crippen molar-refractivity contribution in [1.29, 1.82) is 0 Å². The van der Waals surface area contributed by atoms with Crippen molar-refractivity contribution >= 4 is 23.1 Å². The van der Waals surface area contributed by atoms with Gasteiger partial charge < -0.3 is 11.1 Å².